The normalized spacial score (nSPS) is 13.0. The van der Waals surface area contributed by atoms with Crippen LogP contribution in [0.25, 0.3) is 0 Å². The van der Waals surface area contributed by atoms with Crippen LogP contribution in [0.15, 0.2) is 50.2 Å². The molecule has 0 spiro atoms. The van der Waals surface area contributed by atoms with Crippen LogP contribution in [-0.2, 0) is 9.47 Å². The number of benzene rings is 2. The number of phenolic OH excluding ortho intramolecular Hbond substituents is 1. The molecule has 3 N–H and O–H groups in total. The molecule has 0 saturated heterocycles. The van der Waals surface area contributed by atoms with Crippen molar-refractivity contribution in [3.8, 4) is 5.75 Å². The van der Waals surface area contributed by atoms with E-state index in [2.05, 4.69) is 37.2 Å². The second-order valence-corrected chi connectivity index (χ2v) is 8.44. The van der Waals surface area contributed by atoms with Crippen molar-refractivity contribution < 1.29 is 24.5 Å². The molecule has 0 radical (unpaired) electrons. The SMILES string of the molecule is CO[C@@H](CCO)[C@@H](OC(=O)Nc1ccc(SC)cc1)c1cc(Br)cc(Br)c1O. The molecule has 9 heteroatoms. The third-order valence-corrected chi connectivity index (χ3v) is 5.79. The number of ether oxygens (including phenoxy) is 2. The Morgan fingerprint density at radius 3 is 2.50 bits per heavy atom. The largest absolute Gasteiger partial charge is 0.506 e. The van der Waals surface area contributed by atoms with E-state index in [0.29, 0.717) is 20.2 Å². The summed E-state index contributed by atoms with van der Waals surface area (Å²) in [4.78, 5) is 13.6. The molecule has 0 unspecified atom stereocenters. The van der Waals surface area contributed by atoms with Crippen molar-refractivity contribution in [1.29, 1.82) is 0 Å². The van der Waals surface area contributed by atoms with Crippen molar-refractivity contribution >= 4 is 55.4 Å². The summed E-state index contributed by atoms with van der Waals surface area (Å²) in [5, 5.41) is 22.5. The molecule has 2 atom stereocenters. The van der Waals surface area contributed by atoms with Gasteiger partial charge in [-0.3, -0.25) is 5.32 Å². The van der Waals surface area contributed by atoms with E-state index >= 15 is 0 Å². The van der Waals surface area contributed by atoms with Gasteiger partial charge in [-0.25, -0.2) is 4.79 Å². The minimum atomic E-state index is -0.934. The van der Waals surface area contributed by atoms with Gasteiger partial charge in [0.25, 0.3) is 0 Å². The van der Waals surface area contributed by atoms with Crippen LogP contribution in [-0.4, -0.2) is 42.4 Å². The number of thioether (sulfide) groups is 1. The van der Waals surface area contributed by atoms with E-state index in [4.69, 9.17) is 9.47 Å². The Morgan fingerprint density at radius 1 is 1.25 bits per heavy atom. The summed E-state index contributed by atoms with van der Waals surface area (Å²) in [7, 11) is 1.46. The Kier molecular flexibility index (Phi) is 9.10. The maximum absolute atomic E-state index is 12.5. The Balaban J connectivity index is 2.27. The third kappa shape index (κ3) is 6.12. The maximum Gasteiger partial charge on any atom is 0.412 e. The first kappa shape index (κ1) is 23.0. The van der Waals surface area contributed by atoms with E-state index in [1.165, 1.54) is 7.11 Å². The van der Waals surface area contributed by atoms with Crippen LogP contribution in [0.1, 0.15) is 18.1 Å². The molecular weight excluding hydrogens is 514 g/mol. The number of anilines is 1. The lowest BCUT2D eigenvalue weighted by molar-refractivity contribution is -0.0314. The highest BCUT2D eigenvalue weighted by molar-refractivity contribution is 9.11. The summed E-state index contributed by atoms with van der Waals surface area (Å²) in [5.41, 5.74) is 0.937. The van der Waals surface area contributed by atoms with Crippen molar-refractivity contribution in [3.05, 3.63) is 50.9 Å². The summed E-state index contributed by atoms with van der Waals surface area (Å²) in [5.74, 6) is -0.0645. The summed E-state index contributed by atoms with van der Waals surface area (Å²) in [6, 6.07) is 10.6. The number of amides is 1. The molecule has 0 heterocycles. The zero-order chi connectivity index (χ0) is 20.7. The lowest BCUT2D eigenvalue weighted by Gasteiger charge is -2.27. The highest BCUT2D eigenvalue weighted by Crippen LogP contribution is 2.39. The van der Waals surface area contributed by atoms with Crippen molar-refractivity contribution in [3.63, 3.8) is 0 Å². The molecule has 0 aliphatic heterocycles. The fourth-order valence-electron chi connectivity index (χ4n) is 2.60. The quantitative estimate of drug-likeness (QED) is 0.397. The Morgan fingerprint density at radius 2 is 1.93 bits per heavy atom. The Hall–Kier alpha value is -1.26. The van der Waals surface area contributed by atoms with Gasteiger partial charge in [-0.05, 0) is 58.6 Å². The van der Waals surface area contributed by atoms with Gasteiger partial charge in [-0.2, -0.15) is 0 Å². The third-order valence-electron chi connectivity index (χ3n) is 3.99. The molecular formula is C19H21Br2NO5S. The number of carbonyl (C=O) groups excluding carboxylic acids is 1. The number of aliphatic hydroxyl groups is 1. The molecule has 0 aromatic heterocycles. The van der Waals surface area contributed by atoms with Gasteiger partial charge in [0.15, 0.2) is 6.10 Å². The van der Waals surface area contributed by atoms with E-state index in [1.54, 1.807) is 36.0 Å². The number of halogens is 2. The second kappa shape index (κ2) is 11.1. The Bertz CT molecular complexity index is 804. The highest BCUT2D eigenvalue weighted by atomic mass is 79.9. The lowest BCUT2D eigenvalue weighted by atomic mass is 10.0. The first-order chi connectivity index (χ1) is 13.4. The van der Waals surface area contributed by atoms with Gasteiger partial charge in [-0.1, -0.05) is 15.9 Å². The minimum absolute atomic E-state index is 0.0645. The van der Waals surface area contributed by atoms with Gasteiger partial charge in [0, 0.05) is 40.8 Å². The van der Waals surface area contributed by atoms with E-state index in [9.17, 15) is 15.0 Å². The van der Waals surface area contributed by atoms with E-state index in [-0.39, 0.29) is 18.8 Å². The number of hydrogen-bond acceptors (Lipinski definition) is 6. The van der Waals surface area contributed by atoms with Gasteiger partial charge in [0.1, 0.15) is 11.9 Å². The zero-order valence-electron chi connectivity index (χ0n) is 15.3. The monoisotopic (exact) mass is 533 g/mol. The fraction of sp³-hybridized carbons (Fsp3) is 0.316. The van der Waals surface area contributed by atoms with Crippen molar-refractivity contribution in [2.45, 2.75) is 23.5 Å². The van der Waals surface area contributed by atoms with Crippen LogP contribution in [0.2, 0.25) is 0 Å². The van der Waals surface area contributed by atoms with Gasteiger partial charge in [0.05, 0.1) is 4.47 Å². The molecule has 152 valence electrons. The topological polar surface area (TPSA) is 88.0 Å². The molecule has 0 fully saturated rings. The van der Waals surface area contributed by atoms with Crippen molar-refractivity contribution in [2.75, 3.05) is 25.3 Å². The first-order valence-electron chi connectivity index (χ1n) is 8.32. The van der Waals surface area contributed by atoms with Crippen LogP contribution < -0.4 is 5.32 Å². The minimum Gasteiger partial charge on any atom is -0.506 e. The van der Waals surface area contributed by atoms with E-state index in [1.807, 2.05) is 18.4 Å². The standard InChI is InChI=1S/C19H21Br2NO5S/c1-26-16(7-8-23)18(14-9-11(20)10-15(21)17(14)24)27-19(25)22-12-3-5-13(28-2)6-4-12/h3-6,9-10,16,18,23-24H,7-8H2,1-2H3,(H,22,25)/t16-,18-/m0/s1. The van der Waals surface area contributed by atoms with Crippen LogP contribution in [0, 0.1) is 0 Å². The van der Waals surface area contributed by atoms with Crippen molar-refractivity contribution in [1.82, 2.24) is 0 Å². The number of nitrogens with one attached hydrogen (secondary N) is 1. The molecule has 28 heavy (non-hydrogen) atoms. The summed E-state index contributed by atoms with van der Waals surface area (Å²) >= 11 is 8.25. The summed E-state index contributed by atoms with van der Waals surface area (Å²) < 4.78 is 12.1. The number of methoxy groups -OCH3 is 1. The molecule has 2 aromatic rings. The van der Waals surface area contributed by atoms with Crippen LogP contribution >= 0.6 is 43.6 Å². The molecule has 0 bridgehead atoms. The van der Waals surface area contributed by atoms with E-state index < -0.39 is 18.3 Å². The van der Waals surface area contributed by atoms with Crippen LogP contribution in [0.3, 0.4) is 0 Å². The van der Waals surface area contributed by atoms with Gasteiger partial charge < -0.3 is 19.7 Å². The fourth-order valence-corrected chi connectivity index (χ4v) is 4.27. The van der Waals surface area contributed by atoms with Crippen LogP contribution in [0.5, 0.6) is 5.75 Å². The van der Waals surface area contributed by atoms with E-state index in [0.717, 1.165) is 4.90 Å². The number of hydrogen-bond donors (Lipinski definition) is 3. The lowest BCUT2D eigenvalue weighted by Crippen LogP contribution is -2.29. The number of rotatable bonds is 8. The second-order valence-electron chi connectivity index (χ2n) is 5.79. The van der Waals surface area contributed by atoms with Gasteiger partial charge in [-0.15, -0.1) is 11.8 Å². The molecule has 2 rings (SSSR count). The van der Waals surface area contributed by atoms with Crippen molar-refractivity contribution in [2.24, 2.45) is 0 Å². The zero-order valence-corrected chi connectivity index (χ0v) is 19.3. The molecule has 2 aromatic carbocycles. The number of carbonyl (C=O) groups is 1. The Labute approximate surface area is 184 Å². The predicted octanol–water partition coefficient (Wildman–Crippen LogP) is 5.33. The molecule has 6 nitrogen and oxygen atoms in total. The summed E-state index contributed by atoms with van der Waals surface area (Å²) in [6.45, 7) is -0.161. The molecule has 0 saturated carbocycles. The summed E-state index contributed by atoms with van der Waals surface area (Å²) in [6.07, 6.45) is -0.0911. The molecule has 0 aliphatic carbocycles. The highest BCUT2D eigenvalue weighted by Gasteiger charge is 2.30. The van der Waals surface area contributed by atoms with Gasteiger partial charge in [0.2, 0.25) is 0 Å². The smallest absolute Gasteiger partial charge is 0.412 e. The first-order valence-corrected chi connectivity index (χ1v) is 11.1. The number of aliphatic hydroxyl groups excluding tert-OH is 1. The van der Waals surface area contributed by atoms with Crippen LogP contribution in [0.4, 0.5) is 10.5 Å². The van der Waals surface area contributed by atoms with Gasteiger partial charge >= 0.3 is 6.09 Å². The predicted molar refractivity (Wildman–Crippen MR) is 117 cm³/mol. The molecule has 1 amide bonds. The maximum atomic E-state index is 12.5. The average Bonchev–Trinajstić information content (AvgIpc) is 2.68. The molecule has 0 aliphatic rings. The number of phenols is 1. The average molecular weight is 535 g/mol. The number of aromatic hydroxyl groups is 1.